The van der Waals surface area contributed by atoms with Crippen molar-refractivity contribution in [3.05, 3.63) is 32.6 Å². The van der Waals surface area contributed by atoms with Gasteiger partial charge >= 0.3 is 5.69 Å². The van der Waals surface area contributed by atoms with Gasteiger partial charge in [0.05, 0.1) is 16.6 Å². The molecule has 20 heavy (non-hydrogen) atoms. The summed E-state index contributed by atoms with van der Waals surface area (Å²) in [6.45, 7) is 1.62. The van der Waals surface area contributed by atoms with Gasteiger partial charge in [-0.3, -0.25) is 14.3 Å². The van der Waals surface area contributed by atoms with E-state index in [4.69, 9.17) is 9.84 Å². The van der Waals surface area contributed by atoms with Crippen LogP contribution in [0.25, 0.3) is 0 Å². The second kappa shape index (κ2) is 6.37. The molecule has 2 rings (SSSR count). The molecule has 0 aromatic carbocycles. The summed E-state index contributed by atoms with van der Waals surface area (Å²) >= 11 is 1.98. The second-order valence-electron chi connectivity index (χ2n) is 4.75. The molecule has 112 valence electrons. The molecule has 4 atom stereocenters. The molecule has 3 N–H and O–H groups in total. The summed E-state index contributed by atoms with van der Waals surface area (Å²) < 4.78 is 6.40. The van der Waals surface area contributed by atoms with Gasteiger partial charge < -0.3 is 14.9 Å². The summed E-state index contributed by atoms with van der Waals surface area (Å²) in [7, 11) is 0. The molecule has 1 aliphatic heterocycles. The van der Waals surface area contributed by atoms with E-state index in [0.717, 1.165) is 6.42 Å². The lowest BCUT2D eigenvalue weighted by molar-refractivity contribution is -0.0456. The first kappa shape index (κ1) is 15.7. The summed E-state index contributed by atoms with van der Waals surface area (Å²) in [6, 6.07) is 0. The Balaban J connectivity index is 2.40. The Morgan fingerprint density at radius 3 is 2.75 bits per heavy atom. The molecule has 2 heterocycles. The third-order valence-corrected chi connectivity index (χ3v) is 4.66. The van der Waals surface area contributed by atoms with Crippen molar-refractivity contribution in [3.8, 4) is 0 Å². The van der Waals surface area contributed by atoms with Crippen molar-refractivity contribution in [3.63, 3.8) is 0 Å². The maximum Gasteiger partial charge on any atom is 0.330 e. The number of aliphatic hydroxyl groups is 2. The van der Waals surface area contributed by atoms with Crippen LogP contribution in [0.15, 0.2) is 15.8 Å². The van der Waals surface area contributed by atoms with Crippen LogP contribution >= 0.6 is 22.6 Å². The molecule has 0 spiro atoms. The molecular formula is C12H17IN2O5. The molecule has 0 bridgehead atoms. The van der Waals surface area contributed by atoms with Crippen molar-refractivity contribution >= 4 is 22.6 Å². The summed E-state index contributed by atoms with van der Waals surface area (Å²) in [5.41, 5.74) is -0.469. The fourth-order valence-corrected chi connectivity index (χ4v) is 3.22. The number of hydrogen-bond acceptors (Lipinski definition) is 5. The first-order valence-corrected chi connectivity index (χ1v) is 7.67. The highest BCUT2D eigenvalue weighted by Crippen LogP contribution is 2.33. The molecule has 0 saturated carbocycles. The topological polar surface area (TPSA) is 105 Å². The quantitative estimate of drug-likeness (QED) is 0.472. The minimum absolute atomic E-state index is 0.322. The van der Waals surface area contributed by atoms with E-state index in [9.17, 15) is 14.7 Å². The van der Waals surface area contributed by atoms with Crippen LogP contribution in [0.4, 0.5) is 0 Å². The average Bonchev–Trinajstić information content (AvgIpc) is 2.70. The van der Waals surface area contributed by atoms with E-state index < -0.39 is 29.7 Å². The van der Waals surface area contributed by atoms with Crippen LogP contribution in [0.5, 0.6) is 0 Å². The molecule has 1 saturated heterocycles. The Labute approximate surface area is 128 Å². The Kier molecular flexibility index (Phi) is 4.99. The van der Waals surface area contributed by atoms with Crippen molar-refractivity contribution in [1.29, 1.82) is 0 Å². The Hall–Kier alpha value is -0.710. The maximum absolute atomic E-state index is 11.9. The number of alkyl halides is 1. The van der Waals surface area contributed by atoms with Gasteiger partial charge in [0.25, 0.3) is 5.56 Å². The van der Waals surface area contributed by atoms with Crippen molar-refractivity contribution in [2.75, 3.05) is 6.61 Å². The Bertz CT molecular complexity index is 584. The normalized spacial score (nSPS) is 29.8. The number of aryl methyl sites for hydroxylation is 1. The third-order valence-electron chi connectivity index (χ3n) is 3.31. The number of aliphatic hydroxyl groups excluding tert-OH is 2. The number of nitrogens with zero attached hydrogens (tertiary/aromatic N) is 1. The summed E-state index contributed by atoms with van der Waals surface area (Å²) in [6.07, 6.45) is 0.521. The zero-order chi connectivity index (χ0) is 14.9. The van der Waals surface area contributed by atoms with E-state index in [1.54, 1.807) is 0 Å². The minimum Gasteiger partial charge on any atom is -0.394 e. The lowest BCUT2D eigenvalue weighted by atomic mass is 10.2. The minimum atomic E-state index is -0.862. The van der Waals surface area contributed by atoms with E-state index in [0.29, 0.717) is 12.0 Å². The van der Waals surface area contributed by atoms with Gasteiger partial charge in [0.15, 0.2) is 6.23 Å². The molecule has 0 radical (unpaired) electrons. The number of hydrogen-bond donors (Lipinski definition) is 3. The predicted octanol–water partition coefficient (Wildman–Crippen LogP) is -0.457. The zero-order valence-electron chi connectivity index (χ0n) is 11.0. The molecule has 8 heteroatoms. The molecule has 0 amide bonds. The van der Waals surface area contributed by atoms with Gasteiger partial charge in [-0.05, 0) is 6.42 Å². The van der Waals surface area contributed by atoms with Crippen LogP contribution in [0.3, 0.4) is 0 Å². The van der Waals surface area contributed by atoms with Crippen LogP contribution in [-0.4, -0.2) is 42.5 Å². The molecule has 1 aromatic rings. The van der Waals surface area contributed by atoms with Crippen molar-refractivity contribution in [2.24, 2.45) is 0 Å². The molecule has 1 fully saturated rings. The van der Waals surface area contributed by atoms with Gasteiger partial charge in [-0.2, -0.15) is 0 Å². The number of ether oxygens (including phenoxy) is 1. The van der Waals surface area contributed by atoms with E-state index in [-0.39, 0.29) is 10.5 Å². The fourth-order valence-electron chi connectivity index (χ4n) is 2.24. The lowest BCUT2D eigenvalue weighted by Gasteiger charge is -2.17. The van der Waals surface area contributed by atoms with E-state index >= 15 is 0 Å². The van der Waals surface area contributed by atoms with Crippen LogP contribution < -0.4 is 11.2 Å². The lowest BCUT2D eigenvalue weighted by Crippen LogP contribution is -2.36. The summed E-state index contributed by atoms with van der Waals surface area (Å²) in [5.74, 6) is 0. The number of H-pyrrole nitrogens is 1. The van der Waals surface area contributed by atoms with Crippen molar-refractivity contribution < 1.29 is 14.9 Å². The molecular weight excluding hydrogens is 379 g/mol. The fraction of sp³-hybridized carbons (Fsp3) is 0.667. The highest BCUT2D eigenvalue weighted by molar-refractivity contribution is 14.1. The third kappa shape index (κ3) is 2.83. The van der Waals surface area contributed by atoms with Gasteiger partial charge in [0, 0.05) is 11.8 Å². The standard InChI is InChI=1S/C12H17IN2O5/c1-2-3-6-4-15(12(19)14-10(6)18)11-8(13)9(17)7(5-16)20-11/h4,7-9,11,16-17H,2-3,5H2,1H3,(H,14,18,19)/t7-,8?,9-,11-/m1/s1. The van der Waals surface area contributed by atoms with E-state index in [2.05, 4.69) is 4.98 Å². The van der Waals surface area contributed by atoms with E-state index in [1.807, 2.05) is 29.5 Å². The van der Waals surface area contributed by atoms with Gasteiger partial charge in [-0.15, -0.1) is 0 Å². The highest BCUT2D eigenvalue weighted by atomic mass is 127. The highest BCUT2D eigenvalue weighted by Gasteiger charge is 2.43. The monoisotopic (exact) mass is 396 g/mol. The molecule has 7 nitrogen and oxygen atoms in total. The largest absolute Gasteiger partial charge is 0.394 e. The predicted molar refractivity (Wildman–Crippen MR) is 80.1 cm³/mol. The smallest absolute Gasteiger partial charge is 0.330 e. The number of nitrogens with one attached hydrogen (secondary N) is 1. The van der Waals surface area contributed by atoms with Gasteiger partial charge in [0.2, 0.25) is 0 Å². The van der Waals surface area contributed by atoms with Crippen molar-refractivity contribution in [1.82, 2.24) is 9.55 Å². The van der Waals surface area contributed by atoms with E-state index in [1.165, 1.54) is 10.8 Å². The summed E-state index contributed by atoms with van der Waals surface area (Å²) in [4.78, 5) is 25.8. The summed E-state index contributed by atoms with van der Waals surface area (Å²) in [5, 5.41) is 19.1. The Morgan fingerprint density at radius 2 is 2.20 bits per heavy atom. The number of aromatic amines is 1. The average molecular weight is 396 g/mol. The first-order valence-electron chi connectivity index (χ1n) is 6.42. The molecule has 0 aliphatic carbocycles. The first-order chi connectivity index (χ1) is 9.49. The van der Waals surface area contributed by atoms with Gasteiger partial charge in [-0.25, -0.2) is 4.79 Å². The number of aromatic nitrogens is 2. The SMILES string of the molecule is CCCc1cn([C@@H]2O[C@H](CO)[C@@H](O)C2I)c(=O)[nH]c1=O. The molecule has 1 aliphatic rings. The van der Waals surface area contributed by atoms with Crippen molar-refractivity contribution in [2.45, 2.75) is 42.1 Å². The van der Waals surface area contributed by atoms with Crippen LogP contribution in [0.1, 0.15) is 25.1 Å². The van der Waals surface area contributed by atoms with Gasteiger partial charge in [-0.1, -0.05) is 35.9 Å². The Morgan fingerprint density at radius 1 is 1.50 bits per heavy atom. The van der Waals surface area contributed by atoms with Gasteiger partial charge in [0.1, 0.15) is 6.10 Å². The maximum atomic E-state index is 11.9. The zero-order valence-corrected chi connectivity index (χ0v) is 13.1. The van der Waals surface area contributed by atoms with Crippen LogP contribution in [-0.2, 0) is 11.2 Å². The molecule has 1 unspecified atom stereocenters. The second-order valence-corrected chi connectivity index (χ2v) is 6.19. The van der Waals surface area contributed by atoms with Crippen LogP contribution in [0, 0.1) is 0 Å². The molecule has 1 aromatic heterocycles. The number of rotatable bonds is 4. The van der Waals surface area contributed by atoms with Crippen LogP contribution in [0.2, 0.25) is 0 Å². The number of halogens is 1.